The summed E-state index contributed by atoms with van der Waals surface area (Å²) in [6.07, 6.45) is 4.93. The molecule has 0 saturated carbocycles. The van der Waals surface area contributed by atoms with Crippen LogP contribution >= 0.6 is 0 Å². The molecule has 4 heterocycles. The van der Waals surface area contributed by atoms with Crippen molar-refractivity contribution < 1.29 is 14.2 Å². The average Bonchev–Trinajstić information content (AvgIpc) is 3.00. The fourth-order valence-corrected chi connectivity index (χ4v) is 5.55. The fourth-order valence-electron chi connectivity index (χ4n) is 5.55. The summed E-state index contributed by atoms with van der Waals surface area (Å²) in [5.74, 6) is 1.75. The Hall–Kier alpha value is -4.04. The molecule has 212 valence electrons. The maximum absolute atomic E-state index is 9.85. The van der Waals surface area contributed by atoms with Crippen molar-refractivity contribution in [1.29, 1.82) is 5.26 Å². The number of nitrogens with zero attached hydrogens (tertiary/aromatic N) is 6. The van der Waals surface area contributed by atoms with Gasteiger partial charge in [-0.1, -0.05) is 12.7 Å². The van der Waals surface area contributed by atoms with Crippen LogP contribution in [-0.2, 0) is 9.47 Å². The molecule has 0 bridgehead atoms. The topological polar surface area (TPSA) is 109 Å². The predicted molar refractivity (Wildman–Crippen MR) is 156 cm³/mol. The molecule has 0 radical (unpaired) electrons. The minimum atomic E-state index is -0.178. The molecule has 0 aliphatic carbocycles. The highest BCUT2D eigenvalue weighted by Crippen LogP contribution is 2.30. The van der Waals surface area contributed by atoms with Crippen molar-refractivity contribution in [3.63, 3.8) is 0 Å². The molecule has 2 aromatic carbocycles. The van der Waals surface area contributed by atoms with Gasteiger partial charge in [-0.3, -0.25) is 4.90 Å². The minimum Gasteiger partial charge on any atom is -0.485 e. The highest BCUT2D eigenvalue weighted by Gasteiger charge is 2.29. The number of hydrogen-bond acceptors (Lipinski definition) is 10. The smallest absolute Gasteiger partial charge is 0.230 e. The first-order chi connectivity index (χ1) is 20.2. The van der Waals surface area contributed by atoms with Crippen LogP contribution in [0.2, 0.25) is 0 Å². The summed E-state index contributed by atoms with van der Waals surface area (Å²) in [6.45, 7) is 11.3. The van der Waals surface area contributed by atoms with Crippen LogP contribution in [0, 0.1) is 17.2 Å². The van der Waals surface area contributed by atoms with Gasteiger partial charge in [0.25, 0.3) is 0 Å². The van der Waals surface area contributed by atoms with E-state index in [4.69, 9.17) is 14.2 Å². The Morgan fingerprint density at radius 2 is 1.80 bits per heavy atom. The van der Waals surface area contributed by atoms with E-state index in [1.807, 2.05) is 24.3 Å². The third-order valence-electron chi connectivity index (χ3n) is 8.10. The molecule has 10 heteroatoms. The number of hydrogen-bond donors (Lipinski definition) is 1. The second kappa shape index (κ2) is 12.6. The van der Waals surface area contributed by atoms with Gasteiger partial charge in [-0.05, 0) is 55.3 Å². The second-order valence-corrected chi connectivity index (χ2v) is 10.6. The zero-order chi connectivity index (χ0) is 28.0. The molecule has 3 aromatic rings. The van der Waals surface area contributed by atoms with Crippen LogP contribution < -0.4 is 15.0 Å². The van der Waals surface area contributed by atoms with Crippen molar-refractivity contribution in [2.75, 3.05) is 62.8 Å². The Labute approximate surface area is 240 Å². The standard InChI is InChI=1S/C31H35N7O3/c1-2-28(22-9-15-39-16-10-22)41-29-8-3-23(17-24(29)18-32)30-33-21-34-31(36-30)35-25-4-6-26(7-5-25)37-11-13-38(14-12-37)27-19-40-20-27/h2-8,17,21-22,27-28H,1,9-16,19-20H2,(H,33,34,35,36)/t28-/m0/s1. The van der Waals surface area contributed by atoms with Crippen molar-refractivity contribution in [3.8, 4) is 23.2 Å². The van der Waals surface area contributed by atoms with Crippen LogP contribution in [0.4, 0.5) is 17.3 Å². The van der Waals surface area contributed by atoms with Crippen LogP contribution in [-0.4, -0.2) is 84.6 Å². The van der Waals surface area contributed by atoms with Gasteiger partial charge in [-0.15, -0.1) is 0 Å². The third-order valence-corrected chi connectivity index (χ3v) is 8.10. The van der Waals surface area contributed by atoms with Crippen molar-refractivity contribution in [2.24, 2.45) is 5.92 Å². The molecule has 1 aromatic heterocycles. The molecule has 1 atom stereocenters. The summed E-state index contributed by atoms with van der Waals surface area (Å²) in [4.78, 5) is 18.2. The van der Waals surface area contributed by atoms with E-state index >= 15 is 0 Å². The summed E-state index contributed by atoms with van der Waals surface area (Å²) >= 11 is 0. The highest BCUT2D eigenvalue weighted by atomic mass is 16.5. The normalized spacial score (nSPS) is 19.1. The van der Waals surface area contributed by atoms with Gasteiger partial charge in [-0.25, -0.2) is 9.97 Å². The van der Waals surface area contributed by atoms with Crippen LogP contribution in [0.25, 0.3) is 11.4 Å². The zero-order valence-corrected chi connectivity index (χ0v) is 23.1. The first-order valence-corrected chi connectivity index (χ1v) is 14.2. The van der Waals surface area contributed by atoms with Gasteiger partial charge < -0.3 is 24.4 Å². The van der Waals surface area contributed by atoms with Gasteiger partial charge in [0.15, 0.2) is 5.82 Å². The van der Waals surface area contributed by atoms with Gasteiger partial charge in [0, 0.05) is 62.2 Å². The van der Waals surface area contributed by atoms with Gasteiger partial charge >= 0.3 is 0 Å². The molecule has 41 heavy (non-hydrogen) atoms. The number of piperazine rings is 1. The Balaban J connectivity index is 1.10. The number of anilines is 3. The molecule has 0 spiro atoms. The molecule has 3 fully saturated rings. The largest absolute Gasteiger partial charge is 0.485 e. The van der Waals surface area contributed by atoms with Gasteiger partial charge in [0.05, 0.1) is 24.8 Å². The lowest BCUT2D eigenvalue weighted by molar-refractivity contribution is -0.0660. The number of rotatable bonds is 9. The summed E-state index contributed by atoms with van der Waals surface area (Å²) < 4.78 is 17.0. The number of benzene rings is 2. The maximum atomic E-state index is 9.85. The number of aromatic nitrogens is 3. The van der Waals surface area contributed by atoms with Gasteiger partial charge in [0.1, 0.15) is 24.3 Å². The zero-order valence-electron chi connectivity index (χ0n) is 23.1. The predicted octanol–water partition coefficient (Wildman–Crippen LogP) is 4.03. The molecule has 3 aliphatic heterocycles. The molecule has 3 saturated heterocycles. The lowest BCUT2D eigenvalue weighted by Gasteiger charge is -2.43. The number of ether oxygens (including phenoxy) is 3. The quantitative estimate of drug-likeness (QED) is 0.390. The van der Waals surface area contributed by atoms with Crippen LogP contribution in [0.3, 0.4) is 0 Å². The van der Waals surface area contributed by atoms with Crippen LogP contribution in [0.15, 0.2) is 61.4 Å². The molecule has 0 unspecified atom stereocenters. The summed E-state index contributed by atoms with van der Waals surface area (Å²) in [6, 6.07) is 16.6. The number of nitriles is 1. The fraction of sp³-hybridized carbons (Fsp3) is 0.419. The van der Waals surface area contributed by atoms with Crippen molar-refractivity contribution in [3.05, 3.63) is 67.0 Å². The molecule has 10 nitrogen and oxygen atoms in total. The summed E-state index contributed by atoms with van der Waals surface area (Å²) in [5.41, 5.74) is 3.23. The minimum absolute atomic E-state index is 0.178. The monoisotopic (exact) mass is 553 g/mol. The van der Waals surface area contributed by atoms with Gasteiger partial charge in [-0.2, -0.15) is 10.2 Å². The van der Waals surface area contributed by atoms with E-state index in [2.05, 4.69) is 54.8 Å². The first-order valence-electron chi connectivity index (χ1n) is 14.2. The maximum Gasteiger partial charge on any atom is 0.230 e. The molecule has 0 amide bonds. The number of nitrogens with one attached hydrogen (secondary N) is 1. The first kappa shape index (κ1) is 27.1. The van der Waals surface area contributed by atoms with Crippen molar-refractivity contribution in [1.82, 2.24) is 19.9 Å². The average molecular weight is 554 g/mol. The van der Waals surface area contributed by atoms with E-state index in [9.17, 15) is 5.26 Å². The molecular weight excluding hydrogens is 518 g/mol. The Morgan fingerprint density at radius 1 is 1.02 bits per heavy atom. The SMILES string of the molecule is C=C[C@H](Oc1ccc(-c2ncnc(Nc3ccc(N4CCN(C5COC5)CC4)cc3)n2)cc1C#N)C1CCOCC1. The Kier molecular flexibility index (Phi) is 8.37. The molecule has 6 rings (SSSR count). The van der Waals surface area contributed by atoms with Crippen LogP contribution in [0.5, 0.6) is 5.75 Å². The van der Waals surface area contributed by atoms with E-state index < -0.39 is 0 Å². The Morgan fingerprint density at radius 3 is 2.49 bits per heavy atom. The third kappa shape index (κ3) is 6.33. The van der Waals surface area contributed by atoms with Crippen molar-refractivity contribution >= 4 is 17.3 Å². The molecule has 1 N–H and O–H groups in total. The van der Waals surface area contributed by atoms with E-state index in [1.165, 1.54) is 12.0 Å². The lowest BCUT2D eigenvalue weighted by atomic mass is 9.93. The van der Waals surface area contributed by atoms with E-state index in [-0.39, 0.29) is 6.10 Å². The van der Waals surface area contributed by atoms with Gasteiger partial charge in [0.2, 0.25) is 5.95 Å². The van der Waals surface area contributed by atoms with E-state index in [0.29, 0.717) is 40.6 Å². The second-order valence-electron chi connectivity index (χ2n) is 10.6. The Bertz CT molecular complexity index is 1380. The van der Waals surface area contributed by atoms with Crippen LogP contribution in [0.1, 0.15) is 18.4 Å². The van der Waals surface area contributed by atoms with E-state index in [0.717, 1.165) is 71.1 Å². The van der Waals surface area contributed by atoms with E-state index in [1.54, 1.807) is 12.1 Å². The summed E-state index contributed by atoms with van der Waals surface area (Å²) in [7, 11) is 0. The molecular formula is C31H35N7O3. The summed E-state index contributed by atoms with van der Waals surface area (Å²) in [5, 5.41) is 13.1. The molecule has 3 aliphatic rings. The van der Waals surface area contributed by atoms with Crippen molar-refractivity contribution in [2.45, 2.75) is 25.0 Å². The lowest BCUT2D eigenvalue weighted by Crippen LogP contribution is -2.56. The highest BCUT2D eigenvalue weighted by molar-refractivity contribution is 5.64.